The molecule has 0 aliphatic heterocycles. The average molecular weight is 394 g/mol. The van der Waals surface area contributed by atoms with E-state index in [4.69, 9.17) is 4.74 Å². The first-order valence-corrected chi connectivity index (χ1v) is 10.0. The number of carbonyl (C=O) groups is 3. The summed E-state index contributed by atoms with van der Waals surface area (Å²) in [5.41, 5.74) is 0.829. The molecule has 0 aromatic heterocycles. The van der Waals surface area contributed by atoms with Crippen molar-refractivity contribution in [1.82, 2.24) is 10.6 Å². The third kappa shape index (κ3) is 6.17. The highest BCUT2D eigenvalue weighted by molar-refractivity contribution is 6.03. The molecule has 0 spiro atoms. The van der Waals surface area contributed by atoms with E-state index >= 15 is 0 Å². The third-order valence-corrected chi connectivity index (χ3v) is 4.97. The molecule has 1 aliphatic rings. The summed E-state index contributed by atoms with van der Waals surface area (Å²) in [7, 11) is 0. The topological polar surface area (TPSA) is 84.5 Å². The highest BCUT2D eigenvalue weighted by Gasteiger charge is 2.18. The molecule has 152 valence electrons. The molecule has 0 atom stereocenters. The van der Waals surface area contributed by atoms with Gasteiger partial charge in [-0.25, -0.2) is 0 Å². The van der Waals surface area contributed by atoms with E-state index in [9.17, 15) is 14.4 Å². The molecular formula is C23H26N2O4. The highest BCUT2D eigenvalue weighted by atomic mass is 16.5. The highest BCUT2D eigenvalue weighted by Crippen LogP contribution is 2.19. The van der Waals surface area contributed by atoms with Crippen LogP contribution in [0.15, 0.2) is 54.6 Å². The zero-order valence-electron chi connectivity index (χ0n) is 16.4. The lowest BCUT2D eigenvalue weighted by atomic mass is 9.95. The van der Waals surface area contributed by atoms with E-state index in [0.29, 0.717) is 16.9 Å². The minimum Gasteiger partial charge on any atom is -0.483 e. The molecule has 0 bridgehead atoms. The molecule has 3 rings (SSSR count). The van der Waals surface area contributed by atoms with E-state index in [1.807, 2.05) is 6.07 Å². The molecule has 0 saturated heterocycles. The van der Waals surface area contributed by atoms with Crippen molar-refractivity contribution < 1.29 is 19.1 Å². The van der Waals surface area contributed by atoms with Crippen molar-refractivity contribution in [3.05, 3.63) is 65.7 Å². The summed E-state index contributed by atoms with van der Waals surface area (Å²) < 4.78 is 5.60. The quantitative estimate of drug-likeness (QED) is 0.674. The Labute approximate surface area is 170 Å². The van der Waals surface area contributed by atoms with Crippen LogP contribution >= 0.6 is 0 Å². The summed E-state index contributed by atoms with van der Waals surface area (Å²) in [5, 5.41) is 5.61. The summed E-state index contributed by atoms with van der Waals surface area (Å²) in [4.78, 5) is 36.8. The fourth-order valence-electron chi connectivity index (χ4n) is 3.42. The van der Waals surface area contributed by atoms with Crippen molar-refractivity contribution in [2.24, 2.45) is 0 Å². The van der Waals surface area contributed by atoms with Crippen LogP contribution in [-0.4, -0.2) is 36.8 Å². The lowest BCUT2D eigenvalue weighted by Crippen LogP contribution is -2.39. The number of carbonyl (C=O) groups excluding carboxylic acids is 3. The Morgan fingerprint density at radius 2 is 1.59 bits per heavy atom. The van der Waals surface area contributed by atoms with Crippen molar-refractivity contribution >= 4 is 17.6 Å². The predicted octanol–water partition coefficient (Wildman–Crippen LogP) is 3.13. The van der Waals surface area contributed by atoms with Crippen LogP contribution in [0.3, 0.4) is 0 Å². The lowest BCUT2D eigenvalue weighted by Gasteiger charge is -2.22. The standard InChI is InChI=1S/C23H26N2O4/c26-20(17-9-3-1-4-10-17)15-24-23(28)19-13-7-8-14-21(19)29-16-22(27)25-18-11-5-2-6-12-18/h1,3-4,7-10,13-14,18H,2,5-6,11-12,15-16H2,(H,24,28)(H,25,27). The van der Waals surface area contributed by atoms with Gasteiger partial charge in [0.15, 0.2) is 12.4 Å². The van der Waals surface area contributed by atoms with Crippen LogP contribution in [0.1, 0.15) is 52.8 Å². The molecule has 2 N–H and O–H groups in total. The zero-order chi connectivity index (χ0) is 20.5. The van der Waals surface area contributed by atoms with Crippen LogP contribution in [0.2, 0.25) is 0 Å². The number of nitrogens with one attached hydrogen (secondary N) is 2. The van der Waals surface area contributed by atoms with E-state index in [1.165, 1.54) is 6.42 Å². The smallest absolute Gasteiger partial charge is 0.258 e. The minimum absolute atomic E-state index is 0.112. The molecule has 6 nitrogen and oxygen atoms in total. The largest absolute Gasteiger partial charge is 0.483 e. The van der Waals surface area contributed by atoms with Gasteiger partial charge in [-0.2, -0.15) is 0 Å². The van der Waals surface area contributed by atoms with Gasteiger partial charge in [0.1, 0.15) is 5.75 Å². The van der Waals surface area contributed by atoms with E-state index in [0.717, 1.165) is 25.7 Å². The zero-order valence-corrected chi connectivity index (χ0v) is 16.4. The first-order valence-electron chi connectivity index (χ1n) is 10.0. The van der Waals surface area contributed by atoms with Crippen LogP contribution in [0.5, 0.6) is 5.75 Å². The molecule has 6 heteroatoms. The molecule has 2 aromatic carbocycles. The van der Waals surface area contributed by atoms with Crippen molar-refractivity contribution in [1.29, 1.82) is 0 Å². The maximum atomic E-state index is 12.5. The van der Waals surface area contributed by atoms with Crippen molar-refractivity contribution in [3.8, 4) is 5.75 Å². The summed E-state index contributed by atoms with van der Waals surface area (Å²) in [6.45, 7) is -0.261. The molecule has 0 heterocycles. The van der Waals surface area contributed by atoms with E-state index < -0.39 is 5.91 Å². The van der Waals surface area contributed by atoms with Gasteiger partial charge < -0.3 is 15.4 Å². The number of Topliss-reactive ketones (excluding diaryl/α,β-unsaturated/α-hetero) is 1. The van der Waals surface area contributed by atoms with Gasteiger partial charge in [-0.1, -0.05) is 61.7 Å². The Morgan fingerprint density at radius 1 is 0.897 bits per heavy atom. The first-order chi connectivity index (χ1) is 14.1. The molecule has 29 heavy (non-hydrogen) atoms. The molecular weight excluding hydrogens is 368 g/mol. The van der Waals surface area contributed by atoms with E-state index in [-0.39, 0.29) is 30.9 Å². The van der Waals surface area contributed by atoms with Crippen LogP contribution in [-0.2, 0) is 4.79 Å². The van der Waals surface area contributed by atoms with Gasteiger partial charge in [0.25, 0.3) is 11.8 Å². The van der Waals surface area contributed by atoms with Gasteiger partial charge in [0.05, 0.1) is 12.1 Å². The fraction of sp³-hybridized carbons (Fsp3) is 0.348. The second-order valence-corrected chi connectivity index (χ2v) is 7.16. The van der Waals surface area contributed by atoms with Gasteiger partial charge in [-0.05, 0) is 25.0 Å². The Balaban J connectivity index is 1.53. The normalized spacial score (nSPS) is 14.1. The van der Waals surface area contributed by atoms with Crippen molar-refractivity contribution in [2.45, 2.75) is 38.1 Å². The molecule has 2 amide bonds. The number of benzene rings is 2. The molecule has 1 fully saturated rings. The van der Waals surface area contributed by atoms with Crippen LogP contribution in [0.25, 0.3) is 0 Å². The number of ether oxygens (including phenoxy) is 1. The second kappa shape index (κ2) is 10.4. The number of rotatable bonds is 8. The predicted molar refractivity (Wildman–Crippen MR) is 110 cm³/mol. The first kappa shape index (κ1) is 20.6. The maximum absolute atomic E-state index is 12.5. The summed E-state index contributed by atoms with van der Waals surface area (Å²) in [6, 6.07) is 15.7. The van der Waals surface area contributed by atoms with E-state index in [1.54, 1.807) is 48.5 Å². The van der Waals surface area contributed by atoms with Crippen LogP contribution in [0, 0.1) is 0 Å². The average Bonchev–Trinajstić information content (AvgIpc) is 2.77. The monoisotopic (exact) mass is 394 g/mol. The van der Waals surface area contributed by atoms with Crippen molar-refractivity contribution in [2.75, 3.05) is 13.2 Å². The van der Waals surface area contributed by atoms with Crippen molar-refractivity contribution in [3.63, 3.8) is 0 Å². The Kier molecular flexibility index (Phi) is 7.39. The Morgan fingerprint density at radius 3 is 2.34 bits per heavy atom. The molecule has 0 radical (unpaired) electrons. The number of amides is 2. The van der Waals surface area contributed by atoms with E-state index in [2.05, 4.69) is 10.6 Å². The Bertz CT molecular complexity index is 845. The molecule has 1 saturated carbocycles. The SMILES string of the molecule is O=C(COc1ccccc1C(=O)NCC(=O)c1ccccc1)NC1CCCCC1. The van der Waals surface area contributed by atoms with Gasteiger partial charge >= 0.3 is 0 Å². The van der Waals surface area contributed by atoms with Gasteiger partial charge in [0, 0.05) is 11.6 Å². The number of para-hydroxylation sites is 1. The maximum Gasteiger partial charge on any atom is 0.258 e. The van der Waals surface area contributed by atoms with Gasteiger partial charge in [-0.3, -0.25) is 14.4 Å². The fourth-order valence-corrected chi connectivity index (χ4v) is 3.42. The van der Waals surface area contributed by atoms with Gasteiger partial charge in [0.2, 0.25) is 0 Å². The number of hydrogen-bond acceptors (Lipinski definition) is 4. The number of ketones is 1. The minimum atomic E-state index is -0.419. The lowest BCUT2D eigenvalue weighted by molar-refractivity contribution is -0.124. The number of hydrogen-bond donors (Lipinski definition) is 2. The molecule has 0 unspecified atom stereocenters. The van der Waals surface area contributed by atoms with Crippen LogP contribution < -0.4 is 15.4 Å². The summed E-state index contributed by atoms with van der Waals surface area (Å²) >= 11 is 0. The van der Waals surface area contributed by atoms with Gasteiger partial charge in [-0.15, -0.1) is 0 Å². The summed E-state index contributed by atoms with van der Waals surface area (Å²) in [5.74, 6) is -0.468. The van der Waals surface area contributed by atoms with Crippen LogP contribution in [0.4, 0.5) is 0 Å². The Hall–Kier alpha value is -3.15. The molecule has 1 aliphatic carbocycles. The third-order valence-electron chi connectivity index (χ3n) is 4.97. The second-order valence-electron chi connectivity index (χ2n) is 7.16. The summed E-state index contributed by atoms with van der Waals surface area (Å²) in [6.07, 6.45) is 5.49. The molecule has 2 aromatic rings.